The van der Waals surface area contributed by atoms with E-state index in [1.165, 1.54) is 44.9 Å². The zero-order valence-electron chi connectivity index (χ0n) is 12.2. The average molecular weight is 243 g/mol. The van der Waals surface area contributed by atoms with Crippen LogP contribution in [0.1, 0.15) is 78.6 Å². The second-order valence-electron chi connectivity index (χ2n) is 4.98. The first-order valence-electron chi connectivity index (χ1n) is 7.63. The number of ether oxygens (including phenoxy) is 1. The van der Waals surface area contributed by atoms with Gasteiger partial charge < -0.3 is 10.5 Å². The Morgan fingerprint density at radius 2 is 1.47 bits per heavy atom. The standard InChI is InChI=1S/C15H33NO/c1-4-7-8-9-10-11-12-13-14(16)15(5-2)17-6-3/h14-15H,4-13,16H2,1-3H3. The van der Waals surface area contributed by atoms with Gasteiger partial charge in [0.15, 0.2) is 0 Å². The van der Waals surface area contributed by atoms with Crippen molar-refractivity contribution in [3.8, 4) is 0 Å². The molecule has 2 unspecified atom stereocenters. The highest BCUT2D eigenvalue weighted by Gasteiger charge is 2.14. The van der Waals surface area contributed by atoms with Crippen molar-refractivity contribution < 1.29 is 4.74 Å². The van der Waals surface area contributed by atoms with E-state index in [9.17, 15) is 0 Å². The molecular formula is C15H33NO. The zero-order chi connectivity index (χ0) is 12.9. The van der Waals surface area contributed by atoms with Gasteiger partial charge in [-0.15, -0.1) is 0 Å². The lowest BCUT2D eigenvalue weighted by Gasteiger charge is -2.22. The summed E-state index contributed by atoms with van der Waals surface area (Å²) in [5.74, 6) is 0. The number of unbranched alkanes of at least 4 members (excludes halogenated alkanes) is 6. The van der Waals surface area contributed by atoms with Gasteiger partial charge in [0.25, 0.3) is 0 Å². The molecule has 0 fully saturated rings. The lowest BCUT2D eigenvalue weighted by Crippen LogP contribution is -2.36. The quantitative estimate of drug-likeness (QED) is 0.520. The fourth-order valence-electron chi connectivity index (χ4n) is 2.28. The van der Waals surface area contributed by atoms with Crippen LogP contribution in [0.2, 0.25) is 0 Å². The van der Waals surface area contributed by atoms with E-state index in [1.54, 1.807) is 0 Å². The maximum Gasteiger partial charge on any atom is 0.0723 e. The molecule has 0 saturated heterocycles. The number of hydrogen-bond donors (Lipinski definition) is 1. The topological polar surface area (TPSA) is 35.2 Å². The molecule has 0 spiro atoms. The maximum atomic E-state index is 6.15. The third-order valence-electron chi connectivity index (χ3n) is 3.40. The summed E-state index contributed by atoms with van der Waals surface area (Å²) in [7, 11) is 0. The lowest BCUT2D eigenvalue weighted by molar-refractivity contribution is 0.0391. The first kappa shape index (κ1) is 16.9. The Bertz CT molecular complexity index is 150. The minimum atomic E-state index is 0.232. The van der Waals surface area contributed by atoms with Crippen molar-refractivity contribution in [2.24, 2.45) is 5.73 Å². The maximum absolute atomic E-state index is 6.15. The Balaban J connectivity index is 3.39. The fourth-order valence-corrected chi connectivity index (χ4v) is 2.28. The molecule has 0 saturated carbocycles. The molecule has 0 radical (unpaired) electrons. The van der Waals surface area contributed by atoms with Crippen LogP contribution in [0.4, 0.5) is 0 Å². The molecule has 0 rings (SSSR count). The first-order valence-corrected chi connectivity index (χ1v) is 7.63. The van der Waals surface area contributed by atoms with Crippen molar-refractivity contribution >= 4 is 0 Å². The normalized spacial score (nSPS) is 14.8. The van der Waals surface area contributed by atoms with Crippen LogP contribution in [0.15, 0.2) is 0 Å². The first-order chi connectivity index (χ1) is 8.26. The van der Waals surface area contributed by atoms with Gasteiger partial charge in [0.1, 0.15) is 0 Å². The summed E-state index contributed by atoms with van der Waals surface area (Å²) < 4.78 is 5.64. The van der Waals surface area contributed by atoms with Crippen LogP contribution < -0.4 is 5.73 Å². The predicted octanol–water partition coefficient (Wildman–Crippen LogP) is 4.27. The smallest absolute Gasteiger partial charge is 0.0723 e. The van der Waals surface area contributed by atoms with E-state index in [0.29, 0.717) is 0 Å². The highest BCUT2D eigenvalue weighted by molar-refractivity contribution is 4.72. The molecule has 2 heteroatoms. The van der Waals surface area contributed by atoms with Gasteiger partial charge in [0, 0.05) is 12.6 Å². The highest BCUT2D eigenvalue weighted by atomic mass is 16.5. The summed E-state index contributed by atoms with van der Waals surface area (Å²) in [5, 5.41) is 0. The fraction of sp³-hybridized carbons (Fsp3) is 1.00. The molecule has 0 amide bonds. The number of rotatable bonds is 12. The molecule has 2 nitrogen and oxygen atoms in total. The van der Waals surface area contributed by atoms with E-state index in [4.69, 9.17) is 10.5 Å². The van der Waals surface area contributed by atoms with Gasteiger partial charge in [-0.2, -0.15) is 0 Å². The molecule has 104 valence electrons. The number of nitrogens with two attached hydrogens (primary N) is 1. The van der Waals surface area contributed by atoms with Gasteiger partial charge in [0.05, 0.1) is 6.10 Å². The molecule has 0 heterocycles. The van der Waals surface area contributed by atoms with Gasteiger partial charge in [-0.05, 0) is 19.8 Å². The molecule has 0 aromatic rings. The van der Waals surface area contributed by atoms with E-state index in [2.05, 4.69) is 13.8 Å². The van der Waals surface area contributed by atoms with Crippen LogP contribution >= 0.6 is 0 Å². The van der Waals surface area contributed by atoms with Crippen molar-refractivity contribution in [3.63, 3.8) is 0 Å². The van der Waals surface area contributed by atoms with Crippen molar-refractivity contribution in [2.45, 2.75) is 90.7 Å². The second-order valence-corrected chi connectivity index (χ2v) is 4.98. The Kier molecular flexibility index (Phi) is 12.3. The molecule has 0 aliphatic heterocycles. The van der Waals surface area contributed by atoms with Crippen LogP contribution in [0.5, 0.6) is 0 Å². The van der Waals surface area contributed by atoms with Crippen molar-refractivity contribution in [1.82, 2.24) is 0 Å². The van der Waals surface area contributed by atoms with Gasteiger partial charge in [-0.1, -0.05) is 58.8 Å². The predicted molar refractivity (Wildman–Crippen MR) is 76.3 cm³/mol. The van der Waals surface area contributed by atoms with Crippen LogP contribution in [0, 0.1) is 0 Å². The van der Waals surface area contributed by atoms with E-state index < -0.39 is 0 Å². The van der Waals surface area contributed by atoms with E-state index >= 15 is 0 Å². The molecular weight excluding hydrogens is 210 g/mol. The van der Waals surface area contributed by atoms with Gasteiger partial charge in [-0.25, -0.2) is 0 Å². The van der Waals surface area contributed by atoms with E-state index in [-0.39, 0.29) is 12.1 Å². The summed E-state index contributed by atoms with van der Waals surface area (Å²) in [5.41, 5.74) is 6.15. The summed E-state index contributed by atoms with van der Waals surface area (Å²) in [4.78, 5) is 0. The Morgan fingerprint density at radius 1 is 0.882 bits per heavy atom. The average Bonchev–Trinajstić information content (AvgIpc) is 2.34. The molecule has 2 N–H and O–H groups in total. The largest absolute Gasteiger partial charge is 0.377 e. The van der Waals surface area contributed by atoms with Crippen molar-refractivity contribution in [3.05, 3.63) is 0 Å². The molecule has 0 bridgehead atoms. The monoisotopic (exact) mass is 243 g/mol. The van der Waals surface area contributed by atoms with Crippen LogP contribution in [0.25, 0.3) is 0 Å². The van der Waals surface area contributed by atoms with E-state index in [0.717, 1.165) is 19.4 Å². The van der Waals surface area contributed by atoms with Crippen LogP contribution in [-0.4, -0.2) is 18.8 Å². The molecule has 0 aliphatic rings. The summed E-state index contributed by atoms with van der Waals surface area (Å²) in [6, 6.07) is 0.232. The van der Waals surface area contributed by atoms with Gasteiger partial charge >= 0.3 is 0 Å². The Morgan fingerprint density at radius 3 is 2.00 bits per heavy atom. The van der Waals surface area contributed by atoms with Crippen LogP contribution in [-0.2, 0) is 4.74 Å². The number of hydrogen-bond acceptors (Lipinski definition) is 2. The van der Waals surface area contributed by atoms with Crippen molar-refractivity contribution in [1.29, 1.82) is 0 Å². The van der Waals surface area contributed by atoms with Gasteiger partial charge in [0.2, 0.25) is 0 Å². The minimum Gasteiger partial charge on any atom is -0.377 e. The van der Waals surface area contributed by atoms with Crippen molar-refractivity contribution in [2.75, 3.05) is 6.61 Å². The van der Waals surface area contributed by atoms with E-state index in [1.807, 2.05) is 6.92 Å². The Hall–Kier alpha value is -0.0800. The third-order valence-corrected chi connectivity index (χ3v) is 3.40. The highest BCUT2D eigenvalue weighted by Crippen LogP contribution is 2.12. The summed E-state index contributed by atoms with van der Waals surface area (Å²) in [6.07, 6.45) is 11.9. The second kappa shape index (κ2) is 12.4. The van der Waals surface area contributed by atoms with Crippen LogP contribution in [0.3, 0.4) is 0 Å². The molecule has 2 atom stereocenters. The Labute approximate surface area is 108 Å². The minimum absolute atomic E-state index is 0.232. The lowest BCUT2D eigenvalue weighted by atomic mass is 10.0. The third kappa shape index (κ3) is 9.61. The molecule has 0 aromatic carbocycles. The molecule has 0 aliphatic carbocycles. The molecule has 0 aromatic heterocycles. The zero-order valence-corrected chi connectivity index (χ0v) is 12.2. The SMILES string of the molecule is CCCCCCCCCC(N)C(CC)OCC. The van der Waals surface area contributed by atoms with Gasteiger partial charge in [-0.3, -0.25) is 0 Å². The summed E-state index contributed by atoms with van der Waals surface area (Å²) >= 11 is 0. The molecule has 17 heavy (non-hydrogen) atoms. The summed E-state index contributed by atoms with van der Waals surface area (Å²) in [6.45, 7) is 7.24.